The summed E-state index contributed by atoms with van der Waals surface area (Å²) in [7, 11) is 1.77. The minimum Gasteiger partial charge on any atom is -0.322 e. The van der Waals surface area contributed by atoms with Crippen LogP contribution in [0.1, 0.15) is 23.7 Å². The number of carbonyl (C=O) groups excluding carboxylic acids is 2. The maximum Gasteiger partial charge on any atom is 0.255 e. The molecule has 0 aliphatic carbocycles. The number of nitrogens with one attached hydrogen (secondary N) is 1. The molecular weight excluding hydrogens is 338 g/mol. The van der Waals surface area contributed by atoms with Gasteiger partial charge in [0.25, 0.3) is 5.91 Å². The second-order valence-electron chi connectivity index (χ2n) is 6.12. The summed E-state index contributed by atoms with van der Waals surface area (Å²) in [5.41, 5.74) is 4.18. The highest BCUT2D eigenvalue weighted by Gasteiger charge is 2.09. The normalized spacial score (nSPS) is 10.3. The van der Waals surface area contributed by atoms with Crippen molar-refractivity contribution in [2.75, 3.05) is 17.3 Å². The fourth-order valence-electron chi connectivity index (χ4n) is 2.71. The smallest absolute Gasteiger partial charge is 0.255 e. The number of pyridine rings is 1. The number of benzene rings is 2. The third-order valence-electron chi connectivity index (χ3n) is 4.35. The molecule has 2 amide bonds. The molecule has 5 heteroatoms. The van der Waals surface area contributed by atoms with Gasteiger partial charge in [-0.3, -0.25) is 14.6 Å². The lowest BCUT2D eigenvalue weighted by Gasteiger charge is -2.16. The Bertz CT molecular complexity index is 920. The minimum absolute atomic E-state index is 0.0762. The number of carbonyl (C=O) groups is 2. The van der Waals surface area contributed by atoms with Crippen molar-refractivity contribution in [1.82, 2.24) is 4.98 Å². The zero-order valence-electron chi connectivity index (χ0n) is 15.3. The largest absolute Gasteiger partial charge is 0.322 e. The van der Waals surface area contributed by atoms with Gasteiger partial charge in [-0.2, -0.15) is 0 Å². The Morgan fingerprint density at radius 2 is 1.44 bits per heavy atom. The van der Waals surface area contributed by atoms with Gasteiger partial charge in [0.2, 0.25) is 5.91 Å². The molecule has 0 saturated carbocycles. The summed E-state index contributed by atoms with van der Waals surface area (Å²) in [4.78, 5) is 29.7. The first-order chi connectivity index (χ1) is 13.1. The van der Waals surface area contributed by atoms with Crippen LogP contribution >= 0.6 is 0 Å². The first kappa shape index (κ1) is 18.3. The number of rotatable bonds is 5. The van der Waals surface area contributed by atoms with E-state index in [4.69, 9.17) is 0 Å². The molecule has 1 heterocycles. The van der Waals surface area contributed by atoms with E-state index in [1.807, 2.05) is 43.3 Å². The average molecular weight is 359 g/mol. The van der Waals surface area contributed by atoms with Crippen LogP contribution in [0, 0.1) is 0 Å². The van der Waals surface area contributed by atoms with E-state index in [1.54, 1.807) is 48.6 Å². The standard InChI is InChI=1S/C22H21N3O2/c1-3-21(26)25(2)20-10-8-17(9-11-20)16-4-6-18(7-5-16)22(27)24-19-12-14-23-15-13-19/h4-15H,3H2,1-2H3,(H,23,24,27). The molecule has 0 radical (unpaired) electrons. The molecule has 3 rings (SSSR count). The molecule has 27 heavy (non-hydrogen) atoms. The Kier molecular flexibility index (Phi) is 5.61. The molecule has 0 atom stereocenters. The van der Waals surface area contributed by atoms with Crippen molar-refractivity contribution in [2.45, 2.75) is 13.3 Å². The van der Waals surface area contributed by atoms with Crippen molar-refractivity contribution in [3.8, 4) is 11.1 Å². The van der Waals surface area contributed by atoms with E-state index < -0.39 is 0 Å². The number of hydrogen-bond acceptors (Lipinski definition) is 3. The molecule has 0 saturated heterocycles. The lowest BCUT2D eigenvalue weighted by atomic mass is 10.0. The molecule has 3 aromatic rings. The van der Waals surface area contributed by atoms with E-state index in [1.165, 1.54) is 0 Å². The number of hydrogen-bond donors (Lipinski definition) is 1. The number of nitrogens with zero attached hydrogens (tertiary/aromatic N) is 2. The van der Waals surface area contributed by atoms with Gasteiger partial charge in [-0.05, 0) is 47.5 Å². The van der Waals surface area contributed by atoms with Gasteiger partial charge in [0.1, 0.15) is 0 Å². The van der Waals surface area contributed by atoms with Gasteiger partial charge in [-0.1, -0.05) is 31.2 Å². The van der Waals surface area contributed by atoms with Crippen molar-refractivity contribution in [3.05, 3.63) is 78.6 Å². The van der Waals surface area contributed by atoms with Crippen LogP contribution in [0.4, 0.5) is 11.4 Å². The molecule has 0 bridgehead atoms. The summed E-state index contributed by atoms with van der Waals surface area (Å²) in [5.74, 6) is -0.0879. The van der Waals surface area contributed by atoms with Gasteiger partial charge in [0.05, 0.1) is 0 Å². The fourth-order valence-corrected chi connectivity index (χ4v) is 2.71. The minimum atomic E-state index is -0.164. The van der Waals surface area contributed by atoms with E-state index in [-0.39, 0.29) is 11.8 Å². The molecule has 0 spiro atoms. The summed E-state index contributed by atoms with van der Waals surface area (Å²) < 4.78 is 0. The van der Waals surface area contributed by atoms with Crippen molar-refractivity contribution in [2.24, 2.45) is 0 Å². The van der Waals surface area contributed by atoms with Crippen LogP contribution in [-0.2, 0) is 4.79 Å². The third-order valence-corrected chi connectivity index (χ3v) is 4.35. The molecule has 136 valence electrons. The van der Waals surface area contributed by atoms with Crippen molar-refractivity contribution in [1.29, 1.82) is 0 Å². The Morgan fingerprint density at radius 3 is 2.00 bits per heavy atom. The topological polar surface area (TPSA) is 62.3 Å². The first-order valence-electron chi connectivity index (χ1n) is 8.77. The van der Waals surface area contributed by atoms with Crippen LogP contribution < -0.4 is 10.2 Å². The quantitative estimate of drug-likeness (QED) is 0.736. The summed E-state index contributed by atoms with van der Waals surface area (Å²) in [6.07, 6.45) is 3.74. The van der Waals surface area contributed by atoms with Crippen LogP contribution in [0.25, 0.3) is 11.1 Å². The first-order valence-corrected chi connectivity index (χ1v) is 8.77. The van der Waals surface area contributed by atoms with E-state index in [0.29, 0.717) is 17.7 Å². The van der Waals surface area contributed by atoms with Gasteiger partial charge in [0, 0.05) is 42.8 Å². The van der Waals surface area contributed by atoms with Gasteiger partial charge >= 0.3 is 0 Å². The van der Waals surface area contributed by atoms with Gasteiger partial charge in [-0.15, -0.1) is 0 Å². The SMILES string of the molecule is CCC(=O)N(C)c1ccc(-c2ccc(C(=O)Nc3ccncc3)cc2)cc1. The number of anilines is 2. The summed E-state index contributed by atoms with van der Waals surface area (Å²) in [6, 6.07) is 18.7. The van der Waals surface area contributed by atoms with Gasteiger partial charge in [-0.25, -0.2) is 0 Å². The summed E-state index contributed by atoms with van der Waals surface area (Å²) in [6.45, 7) is 1.85. The second kappa shape index (κ2) is 8.27. The highest BCUT2D eigenvalue weighted by molar-refractivity contribution is 6.04. The highest BCUT2D eigenvalue weighted by Crippen LogP contribution is 2.24. The molecule has 0 unspecified atom stereocenters. The fraction of sp³-hybridized carbons (Fsp3) is 0.136. The molecule has 1 aromatic heterocycles. The zero-order valence-corrected chi connectivity index (χ0v) is 15.3. The van der Waals surface area contributed by atoms with Gasteiger partial charge in [0.15, 0.2) is 0 Å². The van der Waals surface area contributed by atoms with E-state index in [2.05, 4.69) is 10.3 Å². The molecule has 2 aromatic carbocycles. The predicted octanol–water partition coefficient (Wildman–Crippen LogP) is 4.37. The van der Waals surface area contributed by atoms with Gasteiger partial charge < -0.3 is 10.2 Å². The van der Waals surface area contributed by atoms with E-state index in [0.717, 1.165) is 16.8 Å². The summed E-state index contributed by atoms with van der Waals surface area (Å²) in [5, 5.41) is 2.84. The average Bonchev–Trinajstić information content (AvgIpc) is 2.73. The Balaban J connectivity index is 1.71. The van der Waals surface area contributed by atoms with Crippen LogP contribution in [0.3, 0.4) is 0 Å². The van der Waals surface area contributed by atoms with Crippen molar-refractivity contribution < 1.29 is 9.59 Å². The molecule has 0 aliphatic rings. The predicted molar refractivity (Wildman–Crippen MR) is 108 cm³/mol. The zero-order chi connectivity index (χ0) is 19.2. The highest BCUT2D eigenvalue weighted by atomic mass is 16.2. The third kappa shape index (κ3) is 4.39. The summed E-state index contributed by atoms with van der Waals surface area (Å²) >= 11 is 0. The van der Waals surface area contributed by atoms with Crippen LogP contribution in [0.15, 0.2) is 73.1 Å². The molecule has 1 N–H and O–H groups in total. The maximum absolute atomic E-state index is 12.3. The maximum atomic E-state index is 12.3. The number of aromatic nitrogens is 1. The molecule has 0 fully saturated rings. The van der Waals surface area contributed by atoms with Crippen LogP contribution in [0.5, 0.6) is 0 Å². The second-order valence-corrected chi connectivity index (χ2v) is 6.12. The molecule has 5 nitrogen and oxygen atoms in total. The van der Waals surface area contributed by atoms with Crippen LogP contribution in [-0.4, -0.2) is 23.8 Å². The van der Waals surface area contributed by atoms with E-state index in [9.17, 15) is 9.59 Å². The van der Waals surface area contributed by atoms with Crippen molar-refractivity contribution >= 4 is 23.2 Å². The molecular formula is C22H21N3O2. The Hall–Kier alpha value is -3.47. The number of amides is 2. The monoisotopic (exact) mass is 359 g/mol. The lowest BCUT2D eigenvalue weighted by Crippen LogP contribution is -2.24. The Labute approximate surface area is 158 Å². The Morgan fingerprint density at radius 1 is 0.889 bits per heavy atom. The lowest BCUT2D eigenvalue weighted by molar-refractivity contribution is -0.118. The van der Waals surface area contributed by atoms with Crippen LogP contribution in [0.2, 0.25) is 0 Å². The molecule has 0 aliphatic heterocycles. The van der Waals surface area contributed by atoms with E-state index >= 15 is 0 Å². The van der Waals surface area contributed by atoms with Crippen molar-refractivity contribution in [3.63, 3.8) is 0 Å².